The van der Waals surface area contributed by atoms with Crippen LogP contribution in [0.4, 0.5) is 0 Å². The molecule has 23 heavy (non-hydrogen) atoms. The molecule has 0 aliphatic carbocycles. The van der Waals surface area contributed by atoms with Crippen molar-refractivity contribution in [1.29, 1.82) is 0 Å². The number of nitrogens with one attached hydrogen (secondary N) is 1. The summed E-state index contributed by atoms with van der Waals surface area (Å²) in [6, 6.07) is 10.5. The van der Waals surface area contributed by atoms with Crippen molar-refractivity contribution in [2.24, 2.45) is 0 Å². The fraction of sp³-hybridized carbons (Fsp3) is 0.444. The van der Waals surface area contributed by atoms with E-state index < -0.39 is 0 Å². The van der Waals surface area contributed by atoms with E-state index in [9.17, 15) is 4.79 Å². The Labute approximate surface area is 137 Å². The van der Waals surface area contributed by atoms with E-state index in [1.54, 1.807) is 0 Å². The van der Waals surface area contributed by atoms with Crippen molar-refractivity contribution >= 4 is 5.91 Å². The van der Waals surface area contributed by atoms with Crippen LogP contribution in [0.1, 0.15) is 31.1 Å². The molecule has 3 rings (SSSR count). The Balaban J connectivity index is 1.78. The highest BCUT2D eigenvalue weighted by molar-refractivity contribution is 5.82. The Hall–Kier alpha value is -2.14. The summed E-state index contributed by atoms with van der Waals surface area (Å²) in [7, 11) is 0. The van der Waals surface area contributed by atoms with E-state index in [0.29, 0.717) is 12.6 Å². The van der Waals surface area contributed by atoms with Gasteiger partial charge in [-0.3, -0.25) is 9.69 Å². The monoisotopic (exact) mass is 312 g/mol. The highest BCUT2D eigenvalue weighted by Crippen LogP contribution is 2.17. The van der Waals surface area contributed by atoms with E-state index in [1.807, 2.05) is 30.7 Å². The van der Waals surface area contributed by atoms with Crippen molar-refractivity contribution < 1.29 is 4.79 Å². The molecule has 1 aromatic heterocycles. The summed E-state index contributed by atoms with van der Waals surface area (Å²) in [4.78, 5) is 18.9. The maximum absolute atomic E-state index is 12.4. The van der Waals surface area contributed by atoms with E-state index >= 15 is 0 Å². The minimum Gasteiger partial charge on any atom is -0.353 e. The van der Waals surface area contributed by atoms with Crippen LogP contribution in [0.15, 0.2) is 42.9 Å². The van der Waals surface area contributed by atoms with Gasteiger partial charge in [0.15, 0.2) is 0 Å². The molecule has 122 valence electrons. The third kappa shape index (κ3) is 3.62. The average molecular weight is 312 g/mol. The fourth-order valence-electron chi connectivity index (χ4n) is 3.14. The molecule has 1 fully saturated rings. The first kappa shape index (κ1) is 15.7. The Morgan fingerprint density at radius 2 is 2.09 bits per heavy atom. The lowest BCUT2D eigenvalue weighted by Crippen LogP contribution is -2.55. The number of amides is 1. The molecule has 0 radical (unpaired) electrons. The molecule has 1 atom stereocenters. The molecule has 2 aromatic rings. The quantitative estimate of drug-likeness (QED) is 0.919. The highest BCUT2D eigenvalue weighted by Gasteiger charge is 2.30. The molecule has 1 aliphatic heterocycles. The van der Waals surface area contributed by atoms with Crippen molar-refractivity contribution in [3.05, 3.63) is 54.1 Å². The largest absolute Gasteiger partial charge is 0.353 e. The third-order valence-electron chi connectivity index (χ3n) is 4.38. The van der Waals surface area contributed by atoms with Gasteiger partial charge in [-0.15, -0.1) is 0 Å². The molecule has 0 spiro atoms. The van der Waals surface area contributed by atoms with Crippen LogP contribution in [-0.2, 0) is 17.8 Å². The lowest BCUT2D eigenvalue weighted by Gasteiger charge is -2.35. The second-order valence-corrected chi connectivity index (χ2v) is 6.35. The van der Waals surface area contributed by atoms with Gasteiger partial charge < -0.3 is 9.88 Å². The van der Waals surface area contributed by atoms with Crippen LogP contribution in [0.5, 0.6) is 0 Å². The number of hydrogen-bond acceptors (Lipinski definition) is 3. The van der Waals surface area contributed by atoms with Gasteiger partial charge in [-0.25, -0.2) is 4.98 Å². The molecule has 1 aromatic carbocycles. The third-order valence-corrected chi connectivity index (χ3v) is 4.38. The minimum atomic E-state index is -0.123. The SMILES string of the molecule is CC(C)n1cncc1CN1CCNC(=O)[C@@H]1Cc1ccccc1. The first-order valence-corrected chi connectivity index (χ1v) is 8.21. The number of aromatic nitrogens is 2. The summed E-state index contributed by atoms with van der Waals surface area (Å²) in [6.45, 7) is 6.63. The van der Waals surface area contributed by atoms with Crippen LogP contribution in [0.3, 0.4) is 0 Å². The molecule has 5 nitrogen and oxygen atoms in total. The zero-order chi connectivity index (χ0) is 16.2. The van der Waals surface area contributed by atoms with E-state index in [0.717, 1.165) is 25.2 Å². The topological polar surface area (TPSA) is 50.2 Å². The first-order valence-electron chi connectivity index (χ1n) is 8.21. The maximum Gasteiger partial charge on any atom is 0.237 e. The van der Waals surface area contributed by atoms with Gasteiger partial charge in [0.2, 0.25) is 5.91 Å². The van der Waals surface area contributed by atoms with Gasteiger partial charge in [0, 0.05) is 31.9 Å². The summed E-state index contributed by atoms with van der Waals surface area (Å²) >= 11 is 0. The number of rotatable bonds is 5. The maximum atomic E-state index is 12.4. The Morgan fingerprint density at radius 1 is 1.30 bits per heavy atom. The lowest BCUT2D eigenvalue weighted by atomic mass is 10.0. The Kier molecular flexibility index (Phi) is 4.76. The summed E-state index contributed by atoms with van der Waals surface area (Å²) in [5, 5.41) is 3.00. The van der Waals surface area contributed by atoms with E-state index in [1.165, 1.54) is 5.56 Å². The Morgan fingerprint density at radius 3 is 2.83 bits per heavy atom. The second kappa shape index (κ2) is 6.96. The molecular weight excluding hydrogens is 288 g/mol. The summed E-state index contributed by atoms with van der Waals surface area (Å²) in [5.41, 5.74) is 2.35. The summed E-state index contributed by atoms with van der Waals surface area (Å²) in [5.74, 6) is 0.121. The molecule has 0 bridgehead atoms. The van der Waals surface area contributed by atoms with Gasteiger partial charge in [0.1, 0.15) is 0 Å². The number of carbonyl (C=O) groups is 1. The van der Waals surface area contributed by atoms with Crippen LogP contribution in [0.2, 0.25) is 0 Å². The number of benzene rings is 1. The van der Waals surface area contributed by atoms with Crippen LogP contribution in [-0.4, -0.2) is 39.5 Å². The van der Waals surface area contributed by atoms with Gasteiger partial charge in [-0.05, 0) is 25.8 Å². The van der Waals surface area contributed by atoms with Crippen LogP contribution < -0.4 is 5.32 Å². The molecule has 0 unspecified atom stereocenters. The van der Waals surface area contributed by atoms with Crippen molar-refractivity contribution in [2.75, 3.05) is 13.1 Å². The van der Waals surface area contributed by atoms with Crippen LogP contribution >= 0.6 is 0 Å². The fourth-order valence-corrected chi connectivity index (χ4v) is 3.14. The predicted molar refractivity (Wildman–Crippen MR) is 90.0 cm³/mol. The van der Waals surface area contributed by atoms with Crippen molar-refractivity contribution in [3.63, 3.8) is 0 Å². The minimum absolute atomic E-state index is 0.121. The number of carbonyl (C=O) groups excluding carboxylic acids is 1. The lowest BCUT2D eigenvalue weighted by molar-refractivity contribution is -0.129. The van der Waals surface area contributed by atoms with Gasteiger partial charge in [-0.1, -0.05) is 30.3 Å². The molecule has 1 N–H and O–H groups in total. The van der Waals surface area contributed by atoms with Crippen LogP contribution in [0.25, 0.3) is 0 Å². The van der Waals surface area contributed by atoms with Crippen molar-refractivity contribution in [2.45, 2.75) is 38.9 Å². The van der Waals surface area contributed by atoms with E-state index in [-0.39, 0.29) is 11.9 Å². The molecule has 1 saturated heterocycles. The number of hydrogen-bond donors (Lipinski definition) is 1. The second-order valence-electron chi connectivity index (χ2n) is 6.35. The van der Waals surface area contributed by atoms with E-state index in [4.69, 9.17) is 0 Å². The standard InChI is InChI=1S/C18H24N4O/c1-14(2)22-13-19-11-16(22)12-21-9-8-20-18(23)17(21)10-15-6-4-3-5-7-15/h3-7,11,13-14,17H,8-10,12H2,1-2H3,(H,20,23)/t17-/m0/s1. The molecule has 1 amide bonds. The predicted octanol–water partition coefficient (Wildman–Crippen LogP) is 2.01. The van der Waals surface area contributed by atoms with Crippen molar-refractivity contribution in [3.8, 4) is 0 Å². The zero-order valence-corrected chi connectivity index (χ0v) is 13.8. The zero-order valence-electron chi connectivity index (χ0n) is 13.8. The molecule has 0 saturated carbocycles. The number of piperazine rings is 1. The summed E-state index contributed by atoms with van der Waals surface area (Å²) < 4.78 is 2.17. The molecule has 2 heterocycles. The van der Waals surface area contributed by atoms with E-state index in [2.05, 4.69) is 45.7 Å². The normalized spacial score (nSPS) is 19.1. The van der Waals surface area contributed by atoms with Gasteiger partial charge in [0.25, 0.3) is 0 Å². The summed E-state index contributed by atoms with van der Waals surface area (Å²) in [6.07, 6.45) is 4.52. The smallest absolute Gasteiger partial charge is 0.237 e. The average Bonchev–Trinajstić information content (AvgIpc) is 3.00. The van der Waals surface area contributed by atoms with Crippen molar-refractivity contribution in [1.82, 2.24) is 19.8 Å². The van der Waals surface area contributed by atoms with Gasteiger partial charge >= 0.3 is 0 Å². The molecular formula is C18H24N4O. The first-order chi connectivity index (χ1) is 11.1. The van der Waals surface area contributed by atoms with Gasteiger partial charge in [-0.2, -0.15) is 0 Å². The molecule has 1 aliphatic rings. The highest BCUT2D eigenvalue weighted by atomic mass is 16.2. The Bertz CT molecular complexity index is 650. The molecule has 5 heteroatoms. The number of nitrogens with zero attached hydrogens (tertiary/aromatic N) is 3. The van der Waals surface area contributed by atoms with Crippen LogP contribution in [0, 0.1) is 0 Å². The van der Waals surface area contributed by atoms with Gasteiger partial charge in [0.05, 0.1) is 18.1 Å². The number of imidazole rings is 1.